The van der Waals surface area contributed by atoms with Gasteiger partial charge in [-0.3, -0.25) is 4.79 Å². The molecule has 112 valence electrons. The van der Waals surface area contributed by atoms with E-state index in [1.54, 1.807) is 12.4 Å². The van der Waals surface area contributed by atoms with Crippen LogP contribution < -0.4 is 0 Å². The van der Waals surface area contributed by atoms with Crippen molar-refractivity contribution in [2.24, 2.45) is 0 Å². The molecule has 3 N–H and O–H groups in total. The number of carbonyl (C=O) groups is 1. The number of para-hydroxylation sites is 2. The maximum absolute atomic E-state index is 12.5. The molecule has 0 aliphatic heterocycles. The highest BCUT2D eigenvalue weighted by molar-refractivity contribution is 6.15. The lowest BCUT2D eigenvalue weighted by Crippen LogP contribution is -1.95. The van der Waals surface area contributed by atoms with E-state index in [4.69, 9.17) is 0 Å². The summed E-state index contributed by atoms with van der Waals surface area (Å²) in [6.07, 6.45) is 4.65. The van der Waals surface area contributed by atoms with Crippen LogP contribution in [0.15, 0.2) is 67.0 Å². The molecule has 4 heteroatoms. The Morgan fingerprint density at radius 2 is 1.35 bits per heavy atom. The Balaban J connectivity index is 1.76. The van der Waals surface area contributed by atoms with Gasteiger partial charge in [0.15, 0.2) is 5.78 Å². The molecule has 2 aromatic carbocycles. The van der Waals surface area contributed by atoms with Gasteiger partial charge in [0.05, 0.1) is 0 Å². The van der Waals surface area contributed by atoms with Crippen LogP contribution in [0.1, 0.15) is 15.9 Å². The standard InChI is InChI=1S/C19H14N2O2/c22-18(14-10-20-16-7-3-1-5-12(14)16)9-19(23)15-11-21-17-8-4-2-6-13(15)17/h1-11,20-22H/b18-9-. The molecular formula is C19H14N2O2. The number of H-pyrrole nitrogens is 2. The van der Waals surface area contributed by atoms with Gasteiger partial charge in [-0.05, 0) is 12.1 Å². The number of aromatic amines is 2. The number of ketones is 1. The highest BCUT2D eigenvalue weighted by Gasteiger charge is 2.13. The van der Waals surface area contributed by atoms with Crippen molar-refractivity contribution >= 4 is 33.3 Å². The van der Waals surface area contributed by atoms with E-state index in [0.717, 1.165) is 21.8 Å². The fourth-order valence-corrected chi connectivity index (χ4v) is 2.84. The maximum atomic E-state index is 12.5. The Kier molecular flexibility index (Phi) is 3.01. The summed E-state index contributed by atoms with van der Waals surface area (Å²) < 4.78 is 0. The normalized spacial score (nSPS) is 12.1. The first-order chi connectivity index (χ1) is 11.2. The lowest BCUT2D eigenvalue weighted by Gasteiger charge is -1.99. The van der Waals surface area contributed by atoms with Crippen LogP contribution in [0.3, 0.4) is 0 Å². The third-order valence-electron chi connectivity index (χ3n) is 3.99. The van der Waals surface area contributed by atoms with Gasteiger partial charge in [-0.2, -0.15) is 0 Å². The first-order valence-corrected chi connectivity index (χ1v) is 7.31. The van der Waals surface area contributed by atoms with Gasteiger partial charge in [-0.25, -0.2) is 0 Å². The van der Waals surface area contributed by atoms with E-state index in [0.29, 0.717) is 11.1 Å². The molecule has 2 heterocycles. The first-order valence-electron chi connectivity index (χ1n) is 7.31. The number of allylic oxidation sites excluding steroid dienone is 1. The lowest BCUT2D eigenvalue weighted by molar-refractivity contribution is 0.104. The summed E-state index contributed by atoms with van der Waals surface area (Å²) in [7, 11) is 0. The fraction of sp³-hybridized carbons (Fsp3) is 0. The quantitative estimate of drug-likeness (QED) is 0.298. The summed E-state index contributed by atoms with van der Waals surface area (Å²) in [5.74, 6) is -0.275. The van der Waals surface area contributed by atoms with Crippen LogP contribution in [-0.2, 0) is 0 Å². The van der Waals surface area contributed by atoms with Crippen molar-refractivity contribution in [2.45, 2.75) is 0 Å². The second-order valence-electron chi connectivity index (χ2n) is 5.39. The molecule has 0 amide bonds. The van der Waals surface area contributed by atoms with Crippen molar-refractivity contribution in [2.75, 3.05) is 0 Å². The van der Waals surface area contributed by atoms with Gasteiger partial charge in [0.25, 0.3) is 0 Å². The minimum atomic E-state index is -0.231. The van der Waals surface area contributed by atoms with Crippen LogP contribution in [0.4, 0.5) is 0 Å². The minimum Gasteiger partial charge on any atom is -0.507 e. The predicted octanol–water partition coefficient (Wildman–Crippen LogP) is 4.43. The van der Waals surface area contributed by atoms with Crippen LogP contribution >= 0.6 is 0 Å². The summed E-state index contributed by atoms with van der Waals surface area (Å²) in [6.45, 7) is 0. The van der Waals surface area contributed by atoms with Crippen molar-refractivity contribution in [3.05, 3.63) is 78.1 Å². The molecule has 4 rings (SSSR count). The largest absolute Gasteiger partial charge is 0.507 e. The Morgan fingerprint density at radius 1 is 0.826 bits per heavy atom. The molecule has 0 aliphatic rings. The van der Waals surface area contributed by atoms with E-state index >= 15 is 0 Å². The molecule has 0 unspecified atom stereocenters. The molecular weight excluding hydrogens is 288 g/mol. The predicted molar refractivity (Wildman–Crippen MR) is 91.5 cm³/mol. The minimum absolute atomic E-state index is 0.0438. The second kappa shape index (κ2) is 5.18. The number of carbonyl (C=O) groups excluding carboxylic acids is 1. The van der Waals surface area contributed by atoms with Crippen molar-refractivity contribution in [3.8, 4) is 0 Å². The topological polar surface area (TPSA) is 68.9 Å². The molecule has 0 fully saturated rings. The number of nitrogens with one attached hydrogen (secondary N) is 2. The number of aliphatic hydroxyl groups excluding tert-OH is 1. The number of rotatable bonds is 3. The number of aliphatic hydroxyl groups is 1. The molecule has 0 bridgehead atoms. The van der Waals surface area contributed by atoms with Gasteiger partial charge in [0, 0.05) is 51.4 Å². The zero-order chi connectivity index (χ0) is 15.8. The van der Waals surface area contributed by atoms with Gasteiger partial charge in [-0.1, -0.05) is 36.4 Å². The van der Waals surface area contributed by atoms with Crippen molar-refractivity contribution in [1.82, 2.24) is 9.97 Å². The summed E-state index contributed by atoms with van der Waals surface area (Å²) in [5.41, 5.74) is 2.98. The molecule has 0 atom stereocenters. The summed E-state index contributed by atoms with van der Waals surface area (Å²) in [5, 5.41) is 12.1. The molecule has 4 aromatic rings. The molecule has 0 spiro atoms. The third-order valence-corrected chi connectivity index (χ3v) is 3.99. The smallest absolute Gasteiger partial charge is 0.191 e. The third kappa shape index (κ3) is 2.21. The molecule has 2 aromatic heterocycles. The van der Waals surface area contributed by atoms with E-state index in [1.807, 2.05) is 48.5 Å². The Morgan fingerprint density at radius 3 is 2.00 bits per heavy atom. The Bertz CT molecular complexity index is 1050. The van der Waals surface area contributed by atoms with Gasteiger partial charge in [0.2, 0.25) is 0 Å². The molecule has 0 saturated heterocycles. The fourth-order valence-electron chi connectivity index (χ4n) is 2.84. The summed E-state index contributed by atoms with van der Waals surface area (Å²) in [4.78, 5) is 18.7. The molecule has 0 aliphatic carbocycles. The number of hydrogen-bond acceptors (Lipinski definition) is 2. The maximum Gasteiger partial charge on any atom is 0.191 e. The van der Waals surface area contributed by atoms with Gasteiger partial charge in [0.1, 0.15) is 5.76 Å². The lowest BCUT2D eigenvalue weighted by atomic mass is 10.1. The van der Waals surface area contributed by atoms with E-state index in [9.17, 15) is 9.90 Å². The number of aromatic nitrogens is 2. The monoisotopic (exact) mass is 302 g/mol. The van der Waals surface area contributed by atoms with Crippen LogP contribution in [-0.4, -0.2) is 20.9 Å². The van der Waals surface area contributed by atoms with Gasteiger partial charge >= 0.3 is 0 Å². The molecule has 23 heavy (non-hydrogen) atoms. The zero-order valence-corrected chi connectivity index (χ0v) is 12.2. The second-order valence-corrected chi connectivity index (χ2v) is 5.39. The number of benzene rings is 2. The van der Waals surface area contributed by atoms with E-state index in [2.05, 4.69) is 9.97 Å². The van der Waals surface area contributed by atoms with E-state index in [-0.39, 0.29) is 11.5 Å². The highest BCUT2D eigenvalue weighted by atomic mass is 16.3. The van der Waals surface area contributed by atoms with E-state index in [1.165, 1.54) is 6.08 Å². The van der Waals surface area contributed by atoms with Crippen LogP contribution in [0.2, 0.25) is 0 Å². The molecule has 0 saturated carbocycles. The van der Waals surface area contributed by atoms with Gasteiger partial charge in [-0.15, -0.1) is 0 Å². The Labute approximate surface area is 132 Å². The summed E-state index contributed by atoms with van der Waals surface area (Å²) >= 11 is 0. The molecule has 4 nitrogen and oxygen atoms in total. The average molecular weight is 302 g/mol. The number of hydrogen-bond donors (Lipinski definition) is 3. The van der Waals surface area contributed by atoms with Crippen molar-refractivity contribution in [1.29, 1.82) is 0 Å². The highest BCUT2D eigenvalue weighted by Crippen LogP contribution is 2.25. The zero-order valence-electron chi connectivity index (χ0n) is 12.2. The average Bonchev–Trinajstić information content (AvgIpc) is 3.19. The van der Waals surface area contributed by atoms with Crippen LogP contribution in [0.25, 0.3) is 27.6 Å². The van der Waals surface area contributed by atoms with Crippen molar-refractivity contribution in [3.63, 3.8) is 0 Å². The van der Waals surface area contributed by atoms with Crippen LogP contribution in [0.5, 0.6) is 0 Å². The van der Waals surface area contributed by atoms with Crippen molar-refractivity contribution < 1.29 is 9.90 Å². The number of fused-ring (bicyclic) bond motifs is 2. The summed E-state index contributed by atoms with van der Waals surface area (Å²) in [6, 6.07) is 15.2. The first kappa shape index (κ1) is 13.4. The van der Waals surface area contributed by atoms with Gasteiger partial charge < -0.3 is 15.1 Å². The Hall–Kier alpha value is -3.27. The molecule has 0 radical (unpaired) electrons. The van der Waals surface area contributed by atoms with Crippen LogP contribution in [0, 0.1) is 0 Å². The van der Waals surface area contributed by atoms with E-state index < -0.39 is 0 Å². The SMILES string of the molecule is O=C(/C=C(\O)c1c[nH]c2ccccc12)c1c[nH]c2ccccc12.